The lowest BCUT2D eigenvalue weighted by Gasteiger charge is -1.96. The Morgan fingerprint density at radius 2 is 2.60 bits per heavy atom. The van der Waals surface area contributed by atoms with Gasteiger partial charge in [0.2, 0.25) is 0 Å². The zero-order valence-corrected chi connectivity index (χ0v) is 6.53. The largest absolute Gasteiger partial charge is 0.364 e. The molecule has 3 heteroatoms. The molecule has 0 aromatic carbocycles. The van der Waals surface area contributed by atoms with Gasteiger partial charge in [0.05, 0.1) is 11.1 Å². The zero-order chi connectivity index (χ0) is 7.40. The lowest BCUT2D eigenvalue weighted by Crippen LogP contribution is -1.96. The van der Waals surface area contributed by atoms with Gasteiger partial charge in [0.1, 0.15) is 6.54 Å². The van der Waals surface area contributed by atoms with Gasteiger partial charge in [-0.1, -0.05) is 0 Å². The molecule has 0 amide bonds. The van der Waals surface area contributed by atoms with Gasteiger partial charge in [-0.25, -0.2) is 0 Å². The molecule has 52 valence electrons. The summed E-state index contributed by atoms with van der Waals surface area (Å²) in [5, 5.41) is 14.4. The third-order valence-electron chi connectivity index (χ3n) is 1.19. The highest BCUT2D eigenvalue weighted by Crippen LogP contribution is 2.20. The van der Waals surface area contributed by atoms with E-state index in [9.17, 15) is 0 Å². The number of anilines is 1. The summed E-state index contributed by atoms with van der Waals surface area (Å²) in [5.74, 6) is 0. The Bertz CT molecular complexity index is 246. The van der Waals surface area contributed by atoms with Crippen molar-refractivity contribution in [3.05, 3.63) is 17.0 Å². The van der Waals surface area contributed by atoms with E-state index >= 15 is 0 Å². The third kappa shape index (κ3) is 1.49. The molecular formula is C7H8N2S. The quantitative estimate of drug-likeness (QED) is 0.658. The third-order valence-corrected chi connectivity index (χ3v) is 2.16. The van der Waals surface area contributed by atoms with Crippen molar-refractivity contribution >= 4 is 16.3 Å². The lowest BCUT2D eigenvalue weighted by molar-refractivity contribution is 1.32. The van der Waals surface area contributed by atoms with Crippen molar-refractivity contribution in [2.24, 2.45) is 0 Å². The van der Waals surface area contributed by atoms with E-state index in [1.165, 1.54) is 5.56 Å². The van der Waals surface area contributed by atoms with Crippen LogP contribution >= 0.6 is 11.3 Å². The van der Waals surface area contributed by atoms with Gasteiger partial charge in [-0.05, 0) is 23.9 Å². The number of hydrogen-bond acceptors (Lipinski definition) is 3. The summed E-state index contributed by atoms with van der Waals surface area (Å²) in [6, 6.07) is 4.06. The van der Waals surface area contributed by atoms with Crippen LogP contribution in [0.25, 0.3) is 0 Å². The van der Waals surface area contributed by atoms with Crippen LogP contribution in [0.4, 0.5) is 5.00 Å². The Hall–Kier alpha value is -1.01. The van der Waals surface area contributed by atoms with Crippen LogP contribution in [0.3, 0.4) is 0 Å². The van der Waals surface area contributed by atoms with Crippen molar-refractivity contribution in [2.75, 3.05) is 11.9 Å². The molecule has 0 saturated heterocycles. The SMILES string of the molecule is Cc1ccsc1NCC#N. The summed E-state index contributed by atoms with van der Waals surface area (Å²) >= 11 is 1.63. The van der Waals surface area contributed by atoms with E-state index in [-0.39, 0.29) is 0 Å². The number of thiophene rings is 1. The summed E-state index contributed by atoms with van der Waals surface area (Å²) in [5.41, 5.74) is 1.21. The summed E-state index contributed by atoms with van der Waals surface area (Å²) in [4.78, 5) is 0. The maximum absolute atomic E-state index is 8.25. The molecule has 0 aliphatic carbocycles. The Labute approximate surface area is 64.1 Å². The number of rotatable bonds is 2. The predicted molar refractivity (Wildman–Crippen MR) is 43.2 cm³/mol. The molecule has 1 heterocycles. The molecular weight excluding hydrogens is 144 g/mol. The molecule has 0 atom stereocenters. The molecule has 1 rings (SSSR count). The van der Waals surface area contributed by atoms with Crippen LogP contribution in [0.5, 0.6) is 0 Å². The van der Waals surface area contributed by atoms with E-state index in [4.69, 9.17) is 5.26 Å². The van der Waals surface area contributed by atoms with Crippen molar-refractivity contribution in [1.29, 1.82) is 5.26 Å². The van der Waals surface area contributed by atoms with E-state index in [1.54, 1.807) is 11.3 Å². The fourth-order valence-electron chi connectivity index (χ4n) is 0.674. The summed E-state index contributed by atoms with van der Waals surface area (Å²) < 4.78 is 0. The first kappa shape index (κ1) is 7.10. The molecule has 0 fully saturated rings. The minimum Gasteiger partial charge on any atom is -0.364 e. The number of hydrogen-bond donors (Lipinski definition) is 1. The minimum absolute atomic E-state index is 0.390. The molecule has 0 aliphatic heterocycles. The van der Waals surface area contributed by atoms with Crippen molar-refractivity contribution in [3.63, 3.8) is 0 Å². The van der Waals surface area contributed by atoms with Gasteiger partial charge in [-0.2, -0.15) is 5.26 Å². The maximum Gasteiger partial charge on any atom is 0.103 e. The van der Waals surface area contributed by atoms with Crippen molar-refractivity contribution < 1.29 is 0 Å². The summed E-state index contributed by atoms with van der Waals surface area (Å²) in [6.45, 7) is 2.41. The second kappa shape index (κ2) is 3.23. The summed E-state index contributed by atoms with van der Waals surface area (Å²) in [7, 11) is 0. The average molecular weight is 152 g/mol. The van der Waals surface area contributed by atoms with Crippen molar-refractivity contribution in [3.8, 4) is 6.07 Å². The predicted octanol–water partition coefficient (Wildman–Crippen LogP) is 1.99. The maximum atomic E-state index is 8.25. The van der Waals surface area contributed by atoms with Gasteiger partial charge >= 0.3 is 0 Å². The molecule has 0 bridgehead atoms. The standard InChI is InChI=1S/C7H8N2S/c1-6-2-5-10-7(6)9-4-3-8/h2,5,9H,4H2,1H3. The first-order valence-electron chi connectivity index (χ1n) is 2.99. The number of aryl methyl sites for hydroxylation is 1. The van der Waals surface area contributed by atoms with Gasteiger partial charge in [0.25, 0.3) is 0 Å². The zero-order valence-electron chi connectivity index (χ0n) is 5.72. The molecule has 10 heavy (non-hydrogen) atoms. The molecule has 1 aromatic heterocycles. The van der Waals surface area contributed by atoms with Crippen LogP contribution in [0.1, 0.15) is 5.56 Å². The second-order valence-electron chi connectivity index (χ2n) is 1.94. The molecule has 0 saturated carbocycles. The molecule has 0 radical (unpaired) electrons. The van der Waals surface area contributed by atoms with E-state index in [1.807, 2.05) is 24.4 Å². The molecule has 0 unspecified atom stereocenters. The lowest BCUT2D eigenvalue weighted by atomic mass is 10.4. The minimum atomic E-state index is 0.390. The van der Waals surface area contributed by atoms with Crippen LogP contribution in [0.2, 0.25) is 0 Å². The normalized spacial score (nSPS) is 8.80. The summed E-state index contributed by atoms with van der Waals surface area (Å²) in [6.07, 6.45) is 0. The number of nitriles is 1. The highest BCUT2D eigenvalue weighted by Gasteiger charge is 1.95. The first-order chi connectivity index (χ1) is 4.84. The highest BCUT2D eigenvalue weighted by molar-refractivity contribution is 7.14. The average Bonchev–Trinajstić information content (AvgIpc) is 2.31. The van der Waals surface area contributed by atoms with E-state index in [0.717, 1.165) is 5.00 Å². The first-order valence-corrected chi connectivity index (χ1v) is 3.87. The Morgan fingerprint density at radius 1 is 1.80 bits per heavy atom. The van der Waals surface area contributed by atoms with Gasteiger partial charge in [0, 0.05) is 0 Å². The molecule has 0 spiro atoms. The number of nitrogens with one attached hydrogen (secondary N) is 1. The smallest absolute Gasteiger partial charge is 0.103 e. The van der Waals surface area contributed by atoms with Gasteiger partial charge < -0.3 is 5.32 Å². The second-order valence-corrected chi connectivity index (χ2v) is 2.86. The Balaban J connectivity index is 2.59. The van der Waals surface area contributed by atoms with Crippen LogP contribution in [-0.2, 0) is 0 Å². The molecule has 0 aliphatic rings. The highest BCUT2D eigenvalue weighted by atomic mass is 32.1. The molecule has 1 N–H and O–H groups in total. The fraction of sp³-hybridized carbons (Fsp3) is 0.286. The van der Waals surface area contributed by atoms with Gasteiger partial charge in [-0.3, -0.25) is 0 Å². The van der Waals surface area contributed by atoms with Crippen molar-refractivity contribution in [1.82, 2.24) is 0 Å². The molecule has 1 aromatic rings. The van der Waals surface area contributed by atoms with Crippen LogP contribution < -0.4 is 5.32 Å². The fourth-order valence-corrected chi connectivity index (χ4v) is 1.49. The van der Waals surface area contributed by atoms with E-state index in [0.29, 0.717) is 6.54 Å². The van der Waals surface area contributed by atoms with Crippen molar-refractivity contribution in [2.45, 2.75) is 6.92 Å². The Morgan fingerprint density at radius 3 is 3.10 bits per heavy atom. The molecule has 2 nitrogen and oxygen atoms in total. The van der Waals surface area contributed by atoms with E-state index in [2.05, 4.69) is 5.32 Å². The topological polar surface area (TPSA) is 35.8 Å². The monoisotopic (exact) mass is 152 g/mol. The van der Waals surface area contributed by atoms with Crippen LogP contribution in [-0.4, -0.2) is 6.54 Å². The van der Waals surface area contributed by atoms with Crippen LogP contribution in [0, 0.1) is 18.3 Å². The van der Waals surface area contributed by atoms with E-state index < -0.39 is 0 Å². The number of nitrogens with zero attached hydrogens (tertiary/aromatic N) is 1. The Kier molecular flexibility index (Phi) is 2.30. The van der Waals surface area contributed by atoms with Crippen LogP contribution in [0.15, 0.2) is 11.4 Å². The van der Waals surface area contributed by atoms with Gasteiger partial charge in [-0.15, -0.1) is 11.3 Å². The van der Waals surface area contributed by atoms with Gasteiger partial charge in [0.15, 0.2) is 0 Å².